The first-order valence-electron chi connectivity index (χ1n) is 4.15. The van der Waals surface area contributed by atoms with Crippen LogP contribution in [0.15, 0.2) is 22.4 Å². The van der Waals surface area contributed by atoms with Crippen LogP contribution in [0.4, 0.5) is 0 Å². The van der Waals surface area contributed by atoms with E-state index >= 15 is 0 Å². The molecule has 74 valence electrons. The number of rotatable bonds is 2. The molecule has 0 atom stereocenters. The second-order valence-electron chi connectivity index (χ2n) is 2.93. The molecule has 0 fully saturated rings. The zero-order valence-electron chi connectivity index (χ0n) is 7.65. The molecule has 2 nitrogen and oxygen atoms in total. The molecule has 1 aromatic heterocycles. The molecule has 0 aliphatic heterocycles. The van der Waals surface area contributed by atoms with Gasteiger partial charge in [0, 0.05) is 10.1 Å². The summed E-state index contributed by atoms with van der Waals surface area (Å²) < 4.78 is 7.25. The zero-order chi connectivity index (χ0) is 10.1. The SMILES string of the molecule is COc1c(S)sc2ccc(CO)cc12. The van der Waals surface area contributed by atoms with E-state index in [1.807, 2.05) is 18.2 Å². The molecule has 14 heavy (non-hydrogen) atoms. The molecule has 0 amide bonds. The largest absolute Gasteiger partial charge is 0.494 e. The Balaban J connectivity index is 2.71. The fraction of sp³-hybridized carbons (Fsp3) is 0.200. The average Bonchev–Trinajstić information content (AvgIpc) is 2.52. The van der Waals surface area contributed by atoms with Gasteiger partial charge in [-0.1, -0.05) is 6.07 Å². The van der Waals surface area contributed by atoms with Crippen LogP contribution < -0.4 is 4.74 Å². The number of fused-ring (bicyclic) bond motifs is 1. The van der Waals surface area contributed by atoms with Crippen molar-refractivity contribution in [1.29, 1.82) is 0 Å². The number of aliphatic hydroxyl groups is 1. The Morgan fingerprint density at radius 1 is 1.50 bits per heavy atom. The van der Waals surface area contributed by atoms with Gasteiger partial charge in [-0.05, 0) is 17.7 Å². The Morgan fingerprint density at radius 2 is 2.29 bits per heavy atom. The minimum atomic E-state index is 0.0524. The Hall–Kier alpha value is -0.710. The van der Waals surface area contributed by atoms with Crippen LogP contribution in [0.3, 0.4) is 0 Å². The van der Waals surface area contributed by atoms with Gasteiger partial charge in [-0.3, -0.25) is 0 Å². The second kappa shape index (κ2) is 3.81. The second-order valence-corrected chi connectivity index (χ2v) is 4.73. The lowest BCUT2D eigenvalue weighted by Gasteiger charge is -1.99. The Morgan fingerprint density at radius 3 is 2.93 bits per heavy atom. The van der Waals surface area contributed by atoms with Crippen LogP contribution in [0.25, 0.3) is 10.1 Å². The summed E-state index contributed by atoms with van der Waals surface area (Å²) in [4.78, 5) is 0. The number of benzene rings is 1. The number of thiophene rings is 1. The molecule has 0 spiro atoms. The molecule has 0 aliphatic rings. The van der Waals surface area contributed by atoms with Gasteiger partial charge in [0.25, 0.3) is 0 Å². The fourth-order valence-electron chi connectivity index (χ4n) is 1.40. The van der Waals surface area contributed by atoms with Gasteiger partial charge in [0.05, 0.1) is 13.7 Å². The number of thiol groups is 1. The molecule has 0 saturated carbocycles. The number of aliphatic hydroxyl groups excluding tert-OH is 1. The molecular weight excluding hydrogens is 216 g/mol. The molecule has 0 unspecified atom stereocenters. The molecule has 4 heteroatoms. The summed E-state index contributed by atoms with van der Waals surface area (Å²) in [6.45, 7) is 0.0524. The predicted molar refractivity (Wildman–Crippen MR) is 61.6 cm³/mol. The summed E-state index contributed by atoms with van der Waals surface area (Å²) in [6.07, 6.45) is 0. The minimum absolute atomic E-state index is 0.0524. The third-order valence-corrected chi connectivity index (χ3v) is 3.51. The normalized spacial score (nSPS) is 10.8. The third kappa shape index (κ3) is 1.49. The Kier molecular flexibility index (Phi) is 2.67. The third-order valence-electron chi connectivity index (χ3n) is 2.08. The molecule has 1 aromatic carbocycles. The highest BCUT2D eigenvalue weighted by Crippen LogP contribution is 2.40. The molecule has 1 heterocycles. The van der Waals surface area contributed by atoms with Gasteiger partial charge < -0.3 is 9.84 Å². The smallest absolute Gasteiger partial charge is 0.150 e. The van der Waals surface area contributed by atoms with Crippen molar-refractivity contribution in [2.45, 2.75) is 10.8 Å². The van der Waals surface area contributed by atoms with Crippen molar-refractivity contribution in [2.75, 3.05) is 7.11 Å². The molecule has 2 aromatic rings. The van der Waals surface area contributed by atoms with E-state index in [0.29, 0.717) is 0 Å². The topological polar surface area (TPSA) is 29.5 Å². The molecule has 1 N–H and O–H groups in total. The summed E-state index contributed by atoms with van der Waals surface area (Å²) in [6, 6.07) is 5.82. The van der Waals surface area contributed by atoms with Gasteiger partial charge in [-0.15, -0.1) is 24.0 Å². The van der Waals surface area contributed by atoms with Crippen molar-refractivity contribution in [2.24, 2.45) is 0 Å². The highest BCUT2D eigenvalue weighted by Gasteiger charge is 2.09. The zero-order valence-corrected chi connectivity index (χ0v) is 9.36. The van der Waals surface area contributed by atoms with E-state index in [2.05, 4.69) is 12.6 Å². The lowest BCUT2D eigenvalue weighted by Crippen LogP contribution is -1.84. The van der Waals surface area contributed by atoms with Crippen LogP contribution in [0.2, 0.25) is 0 Å². The first-order valence-corrected chi connectivity index (χ1v) is 5.42. The molecule has 0 saturated heterocycles. The van der Waals surface area contributed by atoms with Crippen LogP contribution in [0.1, 0.15) is 5.56 Å². The monoisotopic (exact) mass is 226 g/mol. The van der Waals surface area contributed by atoms with E-state index < -0.39 is 0 Å². The molecule has 0 bridgehead atoms. The van der Waals surface area contributed by atoms with Gasteiger partial charge in [0.1, 0.15) is 4.21 Å². The van der Waals surface area contributed by atoms with Crippen molar-refractivity contribution in [3.8, 4) is 5.75 Å². The molecule has 0 radical (unpaired) electrons. The lowest BCUT2D eigenvalue weighted by atomic mass is 10.2. The van der Waals surface area contributed by atoms with Gasteiger partial charge in [0.15, 0.2) is 5.75 Å². The number of methoxy groups -OCH3 is 1. The van der Waals surface area contributed by atoms with E-state index in [9.17, 15) is 0 Å². The van der Waals surface area contributed by atoms with E-state index in [1.165, 1.54) is 0 Å². The van der Waals surface area contributed by atoms with Gasteiger partial charge in [-0.2, -0.15) is 0 Å². The Labute approximate surface area is 91.5 Å². The summed E-state index contributed by atoms with van der Waals surface area (Å²) in [5, 5.41) is 10.0. The van der Waals surface area contributed by atoms with Crippen molar-refractivity contribution >= 4 is 34.1 Å². The summed E-state index contributed by atoms with van der Waals surface area (Å²) in [5.41, 5.74) is 0.891. The Bertz CT molecular complexity index is 462. The summed E-state index contributed by atoms with van der Waals surface area (Å²) >= 11 is 5.91. The highest BCUT2D eigenvalue weighted by molar-refractivity contribution is 7.83. The van der Waals surface area contributed by atoms with E-state index in [0.717, 1.165) is 25.6 Å². The van der Waals surface area contributed by atoms with Crippen molar-refractivity contribution in [3.05, 3.63) is 23.8 Å². The van der Waals surface area contributed by atoms with Crippen LogP contribution in [0, 0.1) is 0 Å². The number of hydrogen-bond acceptors (Lipinski definition) is 4. The number of ether oxygens (including phenoxy) is 1. The van der Waals surface area contributed by atoms with E-state index in [-0.39, 0.29) is 6.61 Å². The minimum Gasteiger partial charge on any atom is -0.494 e. The van der Waals surface area contributed by atoms with Gasteiger partial charge in [0.2, 0.25) is 0 Å². The van der Waals surface area contributed by atoms with E-state index in [1.54, 1.807) is 18.4 Å². The fourth-order valence-corrected chi connectivity index (χ4v) is 2.80. The van der Waals surface area contributed by atoms with Gasteiger partial charge >= 0.3 is 0 Å². The lowest BCUT2D eigenvalue weighted by molar-refractivity contribution is 0.282. The maximum atomic E-state index is 9.01. The van der Waals surface area contributed by atoms with Gasteiger partial charge in [-0.25, -0.2) is 0 Å². The summed E-state index contributed by atoms with van der Waals surface area (Å²) in [5.74, 6) is 0.795. The average molecular weight is 226 g/mol. The number of hydrogen-bond donors (Lipinski definition) is 2. The van der Waals surface area contributed by atoms with Crippen molar-refractivity contribution in [3.63, 3.8) is 0 Å². The standard InChI is InChI=1S/C10H10O2S2/c1-12-9-7-4-6(5-11)2-3-8(7)14-10(9)13/h2-4,11,13H,5H2,1H3. The van der Waals surface area contributed by atoms with Crippen LogP contribution in [0.5, 0.6) is 5.75 Å². The predicted octanol–water partition coefficient (Wildman–Crippen LogP) is 2.69. The van der Waals surface area contributed by atoms with Crippen LogP contribution in [-0.2, 0) is 6.61 Å². The van der Waals surface area contributed by atoms with Crippen LogP contribution in [-0.4, -0.2) is 12.2 Å². The molecule has 2 rings (SSSR count). The maximum Gasteiger partial charge on any atom is 0.150 e. The maximum absolute atomic E-state index is 9.01. The quantitative estimate of drug-likeness (QED) is 0.771. The van der Waals surface area contributed by atoms with Crippen molar-refractivity contribution in [1.82, 2.24) is 0 Å². The van der Waals surface area contributed by atoms with E-state index in [4.69, 9.17) is 9.84 Å². The van der Waals surface area contributed by atoms with Crippen molar-refractivity contribution < 1.29 is 9.84 Å². The molecule has 0 aliphatic carbocycles. The first-order chi connectivity index (χ1) is 6.76. The highest BCUT2D eigenvalue weighted by atomic mass is 32.2. The summed E-state index contributed by atoms with van der Waals surface area (Å²) in [7, 11) is 1.63. The first kappa shape index (κ1) is 9.83. The molecular formula is C10H10O2S2. The van der Waals surface area contributed by atoms with Crippen LogP contribution >= 0.6 is 24.0 Å².